The predicted octanol–water partition coefficient (Wildman–Crippen LogP) is -0.261. The molecule has 0 saturated carbocycles. The fraction of sp³-hybridized carbons (Fsp3) is 0.421. The fourth-order valence-electron chi connectivity index (χ4n) is 2.61. The van der Waals surface area contributed by atoms with Gasteiger partial charge in [0, 0.05) is 19.2 Å². The van der Waals surface area contributed by atoms with E-state index < -0.39 is 36.8 Å². The zero-order valence-corrected chi connectivity index (χ0v) is 15.9. The molecule has 1 aromatic carbocycles. The first-order chi connectivity index (χ1) is 13.3. The van der Waals surface area contributed by atoms with Crippen molar-refractivity contribution in [3.05, 3.63) is 35.4 Å². The molecule has 150 valence electrons. The van der Waals surface area contributed by atoms with Crippen molar-refractivity contribution in [2.45, 2.75) is 19.8 Å². The Hall–Kier alpha value is -3.23. The lowest BCUT2D eigenvalue weighted by Crippen LogP contribution is -2.46. The summed E-state index contributed by atoms with van der Waals surface area (Å²) in [7, 11) is 1.41. The van der Waals surface area contributed by atoms with Gasteiger partial charge in [-0.05, 0) is 18.1 Å². The zero-order chi connectivity index (χ0) is 20.7. The van der Waals surface area contributed by atoms with E-state index in [1.165, 1.54) is 7.05 Å². The Bertz CT molecular complexity index is 792. The van der Waals surface area contributed by atoms with E-state index in [0.29, 0.717) is 17.7 Å². The maximum Gasteiger partial charge on any atom is 0.326 e. The van der Waals surface area contributed by atoms with Crippen LogP contribution in [0.5, 0.6) is 0 Å². The molecule has 1 aromatic rings. The van der Waals surface area contributed by atoms with Gasteiger partial charge in [0.15, 0.2) is 6.61 Å². The second-order valence-electron chi connectivity index (χ2n) is 6.38. The number of esters is 1. The molecule has 9 nitrogen and oxygen atoms in total. The second kappa shape index (κ2) is 9.63. The number of hydrogen-bond acceptors (Lipinski definition) is 6. The molecule has 0 saturated heterocycles. The van der Waals surface area contributed by atoms with Gasteiger partial charge in [-0.3, -0.25) is 28.9 Å². The fourth-order valence-corrected chi connectivity index (χ4v) is 2.61. The minimum atomic E-state index is -0.877. The Morgan fingerprint density at radius 2 is 1.93 bits per heavy atom. The van der Waals surface area contributed by atoms with E-state index in [2.05, 4.69) is 5.32 Å². The number of nitrogens with one attached hydrogen (secondary N) is 1. The number of imide groups is 1. The van der Waals surface area contributed by atoms with Crippen molar-refractivity contribution >= 4 is 29.6 Å². The van der Waals surface area contributed by atoms with E-state index in [9.17, 15) is 24.0 Å². The number of rotatable bonds is 8. The number of nitrogens with zero attached hydrogens (tertiary/aromatic N) is 2. The normalized spacial score (nSPS) is 13.0. The molecule has 28 heavy (non-hydrogen) atoms. The summed E-state index contributed by atoms with van der Waals surface area (Å²) in [6.45, 7) is 1.11. The molecule has 1 aliphatic heterocycles. The highest BCUT2D eigenvalue weighted by atomic mass is 16.5. The van der Waals surface area contributed by atoms with Gasteiger partial charge in [-0.25, -0.2) is 0 Å². The van der Waals surface area contributed by atoms with Gasteiger partial charge < -0.3 is 15.0 Å². The summed E-state index contributed by atoms with van der Waals surface area (Å²) >= 11 is 0. The molecule has 0 aromatic heterocycles. The summed E-state index contributed by atoms with van der Waals surface area (Å²) in [6, 6.07) is 6.68. The molecule has 4 amide bonds. The molecule has 1 N–H and O–H groups in total. The quantitative estimate of drug-likeness (QED) is 0.484. The summed E-state index contributed by atoms with van der Waals surface area (Å²) in [6.07, 6.45) is 0.795. The zero-order valence-electron chi connectivity index (χ0n) is 15.9. The predicted molar refractivity (Wildman–Crippen MR) is 98.1 cm³/mol. The summed E-state index contributed by atoms with van der Waals surface area (Å²) < 4.78 is 4.87. The van der Waals surface area contributed by atoms with E-state index in [1.54, 1.807) is 24.3 Å². The van der Waals surface area contributed by atoms with Gasteiger partial charge in [0.1, 0.15) is 6.54 Å². The van der Waals surface area contributed by atoms with Crippen LogP contribution in [0.2, 0.25) is 0 Å². The maximum absolute atomic E-state index is 12.4. The molecule has 1 aliphatic rings. The third kappa shape index (κ3) is 5.38. The van der Waals surface area contributed by atoms with Crippen LogP contribution >= 0.6 is 0 Å². The van der Waals surface area contributed by atoms with Crippen molar-refractivity contribution in [1.29, 1.82) is 0 Å². The van der Waals surface area contributed by atoms with Crippen molar-refractivity contribution in [2.75, 3.05) is 33.3 Å². The Balaban J connectivity index is 1.84. The Morgan fingerprint density at radius 3 is 2.64 bits per heavy atom. The summed E-state index contributed by atoms with van der Waals surface area (Å²) in [5, 5.41) is 2.63. The lowest BCUT2D eigenvalue weighted by atomic mass is 9.98. The third-order valence-electron chi connectivity index (χ3n) is 4.16. The molecule has 0 radical (unpaired) electrons. The molecule has 0 aliphatic carbocycles. The van der Waals surface area contributed by atoms with Crippen molar-refractivity contribution < 1.29 is 28.7 Å². The van der Waals surface area contributed by atoms with Crippen LogP contribution < -0.4 is 5.32 Å². The molecule has 2 rings (SSSR count). The van der Waals surface area contributed by atoms with Gasteiger partial charge in [0.05, 0.1) is 13.0 Å². The van der Waals surface area contributed by atoms with Crippen LogP contribution in [0, 0.1) is 0 Å². The number of likely N-dealkylation sites (N-methyl/N-ethyl adjacent to an activating group) is 1. The van der Waals surface area contributed by atoms with Crippen LogP contribution in [0.1, 0.15) is 29.3 Å². The van der Waals surface area contributed by atoms with Gasteiger partial charge in [-0.1, -0.05) is 25.1 Å². The first-order valence-corrected chi connectivity index (χ1v) is 8.92. The smallest absolute Gasteiger partial charge is 0.326 e. The lowest BCUT2D eigenvalue weighted by Gasteiger charge is -2.26. The van der Waals surface area contributed by atoms with Gasteiger partial charge in [-0.15, -0.1) is 0 Å². The average Bonchev–Trinajstić information content (AvgIpc) is 2.67. The number of fused-ring (bicyclic) bond motifs is 1. The van der Waals surface area contributed by atoms with Crippen LogP contribution in [0.15, 0.2) is 24.3 Å². The van der Waals surface area contributed by atoms with E-state index in [4.69, 9.17) is 4.74 Å². The number of carbonyl (C=O) groups excluding carboxylic acids is 5. The molecule has 0 atom stereocenters. The molecule has 0 bridgehead atoms. The number of carbonyl (C=O) groups is 5. The highest BCUT2D eigenvalue weighted by molar-refractivity contribution is 6.11. The van der Waals surface area contributed by atoms with Crippen LogP contribution in [0.3, 0.4) is 0 Å². The maximum atomic E-state index is 12.4. The van der Waals surface area contributed by atoms with Crippen molar-refractivity contribution in [2.24, 2.45) is 0 Å². The monoisotopic (exact) mass is 389 g/mol. The first kappa shape index (κ1) is 21.1. The number of hydrogen-bond donors (Lipinski definition) is 1. The van der Waals surface area contributed by atoms with Gasteiger partial charge in [-0.2, -0.15) is 0 Å². The number of benzene rings is 1. The Morgan fingerprint density at radius 1 is 1.21 bits per heavy atom. The van der Waals surface area contributed by atoms with Crippen molar-refractivity contribution in [1.82, 2.24) is 15.1 Å². The van der Waals surface area contributed by atoms with Crippen LogP contribution in [0.4, 0.5) is 0 Å². The van der Waals surface area contributed by atoms with Gasteiger partial charge in [0.2, 0.25) is 11.8 Å². The van der Waals surface area contributed by atoms with Crippen LogP contribution in [0.25, 0.3) is 0 Å². The summed E-state index contributed by atoms with van der Waals surface area (Å²) in [5.74, 6) is -2.83. The van der Waals surface area contributed by atoms with Crippen LogP contribution in [-0.4, -0.2) is 72.7 Å². The molecule has 0 unspecified atom stereocenters. The largest absolute Gasteiger partial charge is 0.454 e. The number of amides is 4. The molecular formula is C19H23N3O6. The molecule has 9 heteroatoms. The third-order valence-corrected chi connectivity index (χ3v) is 4.16. The lowest BCUT2D eigenvalue weighted by molar-refractivity contribution is -0.154. The van der Waals surface area contributed by atoms with Crippen molar-refractivity contribution in [3.63, 3.8) is 0 Å². The van der Waals surface area contributed by atoms with Gasteiger partial charge in [0.25, 0.3) is 11.8 Å². The summed E-state index contributed by atoms with van der Waals surface area (Å²) in [5.41, 5.74) is 0.976. The standard InChI is InChI=1S/C19H23N3O6/c1-3-8-20-15(23)10-21(2)17(25)12-28-18(26)11-22-16(24)9-13-6-4-5-7-14(13)19(22)27/h4-7H,3,8-12H2,1-2H3,(H,20,23). The van der Waals surface area contributed by atoms with E-state index in [-0.39, 0.29) is 18.9 Å². The molecule has 0 fully saturated rings. The highest BCUT2D eigenvalue weighted by Gasteiger charge is 2.32. The first-order valence-electron chi connectivity index (χ1n) is 8.92. The van der Waals surface area contributed by atoms with Crippen molar-refractivity contribution in [3.8, 4) is 0 Å². The van der Waals surface area contributed by atoms with E-state index in [0.717, 1.165) is 16.2 Å². The topological polar surface area (TPSA) is 113 Å². The highest BCUT2D eigenvalue weighted by Crippen LogP contribution is 2.19. The number of ether oxygens (including phenoxy) is 1. The molecular weight excluding hydrogens is 366 g/mol. The Labute approximate surface area is 162 Å². The SMILES string of the molecule is CCCNC(=O)CN(C)C(=O)COC(=O)CN1C(=O)Cc2ccccc2C1=O. The molecule has 0 spiro atoms. The van der Waals surface area contributed by atoms with E-state index >= 15 is 0 Å². The Kier molecular flexibility index (Phi) is 7.25. The minimum absolute atomic E-state index is 0.0176. The van der Waals surface area contributed by atoms with Gasteiger partial charge >= 0.3 is 5.97 Å². The average molecular weight is 389 g/mol. The molecule has 1 heterocycles. The summed E-state index contributed by atoms with van der Waals surface area (Å²) in [4.78, 5) is 62.0. The minimum Gasteiger partial charge on any atom is -0.454 e. The van der Waals surface area contributed by atoms with E-state index in [1.807, 2.05) is 6.92 Å². The second-order valence-corrected chi connectivity index (χ2v) is 6.38. The van der Waals surface area contributed by atoms with Crippen LogP contribution in [-0.2, 0) is 30.3 Å².